The third-order valence-corrected chi connectivity index (χ3v) is 3.33. The van der Waals surface area contributed by atoms with E-state index in [2.05, 4.69) is 15.5 Å². The summed E-state index contributed by atoms with van der Waals surface area (Å²) >= 11 is 0. The molecule has 7 heteroatoms. The van der Waals surface area contributed by atoms with E-state index < -0.39 is 4.92 Å². The molecule has 1 heterocycles. The van der Waals surface area contributed by atoms with E-state index in [1.165, 1.54) is 18.3 Å². The summed E-state index contributed by atoms with van der Waals surface area (Å²) in [5.41, 5.74) is 4.14. The molecular weight excluding hydrogens is 308 g/mol. The number of hydrazone groups is 1. The number of pyridine rings is 1. The van der Waals surface area contributed by atoms with Crippen molar-refractivity contribution in [3.63, 3.8) is 0 Å². The van der Waals surface area contributed by atoms with Crippen molar-refractivity contribution in [2.24, 2.45) is 5.10 Å². The highest BCUT2D eigenvalue weighted by molar-refractivity contribution is 5.98. The fourth-order valence-electron chi connectivity index (χ4n) is 2.17. The molecule has 1 N–H and O–H groups in total. The summed E-state index contributed by atoms with van der Waals surface area (Å²) in [6, 6.07) is 14.8. The summed E-state index contributed by atoms with van der Waals surface area (Å²) in [5.74, 6) is -0.373. The van der Waals surface area contributed by atoms with Crippen LogP contribution in [0.5, 0.6) is 0 Å². The first-order chi connectivity index (χ1) is 11.6. The van der Waals surface area contributed by atoms with Gasteiger partial charge >= 0.3 is 0 Å². The third-order valence-electron chi connectivity index (χ3n) is 3.33. The number of hydrogen-bond donors (Lipinski definition) is 1. The Bertz CT molecular complexity index is 953. The number of benzene rings is 2. The van der Waals surface area contributed by atoms with Crippen molar-refractivity contribution < 1.29 is 9.72 Å². The van der Waals surface area contributed by atoms with E-state index in [0.29, 0.717) is 11.1 Å². The van der Waals surface area contributed by atoms with Gasteiger partial charge < -0.3 is 0 Å². The van der Waals surface area contributed by atoms with Gasteiger partial charge in [-0.3, -0.25) is 19.9 Å². The minimum absolute atomic E-state index is 0.0349. The van der Waals surface area contributed by atoms with Crippen LogP contribution in [0.4, 0.5) is 5.69 Å². The molecule has 0 fully saturated rings. The van der Waals surface area contributed by atoms with E-state index in [9.17, 15) is 14.9 Å². The first kappa shape index (κ1) is 15.3. The van der Waals surface area contributed by atoms with Crippen molar-refractivity contribution in [1.29, 1.82) is 0 Å². The van der Waals surface area contributed by atoms with Crippen molar-refractivity contribution in [3.8, 4) is 0 Å². The van der Waals surface area contributed by atoms with Gasteiger partial charge in [0.2, 0.25) is 0 Å². The maximum atomic E-state index is 12.1. The van der Waals surface area contributed by atoms with Gasteiger partial charge in [-0.25, -0.2) is 5.43 Å². The molecular formula is C17H12N4O3. The second-order valence-electron chi connectivity index (χ2n) is 4.96. The Hall–Kier alpha value is -3.61. The molecule has 0 aliphatic heterocycles. The highest BCUT2D eigenvalue weighted by atomic mass is 16.6. The number of nitrogens with one attached hydrogen (secondary N) is 1. The predicted octanol–water partition coefficient (Wildman–Crippen LogP) is 2.91. The zero-order valence-electron chi connectivity index (χ0n) is 12.4. The Kier molecular flexibility index (Phi) is 4.24. The summed E-state index contributed by atoms with van der Waals surface area (Å²) in [6.45, 7) is 0. The van der Waals surface area contributed by atoms with Gasteiger partial charge in [0.15, 0.2) is 0 Å². The van der Waals surface area contributed by atoms with Gasteiger partial charge in [0.25, 0.3) is 11.6 Å². The van der Waals surface area contributed by atoms with E-state index in [4.69, 9.17) is 0 Å². The standard InChI is InChI=1S/C17H12N4O3/c22-17(14-6-7-16-13(10-14)4-2-8-18-16)20-19-11-12-3-1-5-15(9-12)21(23)24/h1-11H,(H,20,22)/b19-11-. The Morgan fingerprint density at radius 2 is 2.04 bits per heavy atom. The van der Waals surface area contributed by atoms with Crippen LogP contribution < -0.4 is 5.43 Å². The summed E-state index contributed by atoms with van der Waals surface area (Å²) in [5, 5.41) is 15.4. The highest BCUT2D eigenvalue weighted by Crippen LogP contribution is 2.13. The molecule has 0 aliphatic rings. The van der Waals surface area contributed by atoms with Gasteiger partial charge in [-0.2, -0.15) is 5.10 Å². The van der Waals surface area contributed by atoms with E-state index >= 15 is 0 Å². The number of rotatable bonds is 4. The molecule has 0 atom stereocenters. The van der Waals surface area contributed by atoms with Crippen LogP contribution in [0.1, 0.15) is 15.9 Å². The van der Waals surface area contributed by atoms with Gasteiger partial charge in [0.05, 0.1) is 16.7 Å². The fourth-order valence-corrected chi connectivity index (χ4v) is 2.17. The molecule has 24 heavy (non-hydrogen) atoms. The summed E-state index contributed by atoms with van der Waals surface area (Å²) < 4.78 is 0. The lowest BCUT2D eigenvalue weighted by Crippen LogP contribution is -2.17. The first-order valence-corrected chi connectivity index (χ1v) is 7.06. The third kappa shape index (κ3) is 3.41. The van der Waals surface area contributed by atoms with Gasteiger partial charge in [0, 0.05) is 34.8 Å². The molecule has 0 saturated heterocycles. The lowest BCUT2D eigenvalue weighted by molar-refractivity contribution is -0.384. The quantitative estimate of drug-likeness (QED) is 0.454. The van der Waals surface area contributed by atoms with E-state index in [1.54, 1.807) is 42.6 Å². The van der Waals surface area contributed by atoms with Crippen LogP contribution >= 0.6 is 0 Å². The topological polar surface area (TPSA) is 97.5 Å². The number of aromatic nitrogens is 1. The molecule has 1 aromatic heterocycles. The van der Waals surface area contributed by atoms with Gasteiger partial charge in [-0.1, -0.05) is 18.2 Å². The van der Waals surface area contributed by atoms with Crippen LogP contribution in [0, 0.1) is 10.1 Å². The summed E-state index contributed by atoms with van der Waals surface area (Å²) in [6.07, 6.45) is 3.04. The summed E-state index contributed by atoms with van der Waals surface area (Å²) in [4.78, 5) is 26.5. The molecule has 0 saturated carbocycles. The average molecular weight is 320 g/mol. The zero-order valence-corrected chi connectivity index (χ0v) is 12.4. The Balaban J connectivity index is 1.72. The minimum Gasteiger partial charge on any atom is -0.267 e. The molecule has 3 rings (SSSR count). The van der Waals surface area contributed by atoms with Crippen molar-refractivity contribution in [3.05, 3.63) is 82.0 Å². The predicted molar refractivity (Wildman–Crippen MR) is 89.9 cm³/mol. The van der Waals surface area contributed by atoms with E-state index in [0.717, 1.165) is 10.9 Å². The molecule has 0 spiro atoms. The fraction of sp³-hybridized carbons (Fsp3) is 0. The monoisotopic (exact) mass is 320 g/mol. The Morgan fingerprint density at radius 1 is 1.17 bits per heavy atom. The molecule has 0 unspecified atom stereocenters. The number of nitrogens with zero attached hydrogens (tertiary/aromatic N) is 3. The molecule has 118 valence electrons. The molecule has 7 nitrogen and oxygen atoms in total. The number of nitro groups is 1. The number of nitro benzene ring substituents is 1. The zero-order chi connectivity index (χ0) is 16.9. The molecule has 0 radical (unpaired) electrons. The molecule has 3 aromatic rings. The van der Waals surface area contributed by atoms with Crippen LogP contribution in [0.15, 0.2) is 65.9 Å². The largest absolute Gasteiger partial charge is 0.271 e. The number of amides is 1. The van der Waals surface area contributed by atoms with Crippen molar-refractivity contribution in [2.45, 2.75) is 0 Å². The van der Waals surface area contributed by atoms with E-state index in [-0.39, 0.29) is 11.6 Å². The normalized spacial score (nSPS) is 10.8. The lowest BCUT2D eigenvalue weighted by atomic mass is 10.1. The maximum Gasteiger partial charge on any atom is 0.271 e. The van der Waals surface area contributed by atoms with Crippen molar-refractivity contribution >= 4 is 28.7 Å². The van der Waals surface area contributed by atoms with Crippen LogP contribution in [-0.4, -0.2) is 22.0 Å². The Labute approximate surface area is 136 Å². The van der Waals surface area contributed by atoms with Crippen LogP contribution in [0.2, 0.25) is 0 Å². The number of non-ortho nitro benzene ring substituents is 1. The lowest BCUT2D eigenvalue weighted by Gasteiger charge is -2.02. The van der Waals surface area contributed by atoms with E-state index in [1.807, 2.05) is 6.07 Å². The van der Waals surface area contributed by atoms with Gasteiger partial charge in [0.1, 0.15) is 0 Å². The second-order valence-corrected chi connectivity index (χ2v) is 4.96. The van der Waals surface area contributed by atoms with Crippen LogP contribution in [0.3, 0.4) is 0 Å². The molecule has 2 aromatic carbocycles. The van der Waals surface area contributed by atoms with Gasteiger partial charge in [-0.15, -0.1) is 0 Å². The van der Waals surface area contributed by atoms with Crippen LogP contribution in [-0.2, 0) is 0 Å². The smallest absolute Gasteiger partial charge is 0.267 e. The average Bonchev–Trinajstić information content (AvgIpc) is 2.61. The highest BCUT2D eigenvalue weighted by Gasteiger charge is 2.06. The summed E-state index contributed by atoms with van der Waals surface area (Å²) in [7, 11) is 0. The molecule has 0 bridgehead atoms. The Morgan fingerprint density at radius 3 is 2.88 bits per heavy atom. The van der Waals surface area contributed by atoms with Gasteiger partial charge in [-0.05, 0) is 24.3 Å². The molecule has 0 aliphatic carbocycles. The van der Waals surface area contributed by atoms with Crippen molar-refractivity contribution in [2.75, 3.05) is 0 Å². The number of hydrogen-bond acceptors (Lipinski definition) is 5. The number of carbonyl (C=O) groups is 1. The number of fused-ring (bicyclic) bond motifs is 1. The minimum atomic E-state index is -0.487. The second kappa shape index (κ2) is 6.66. The maximum absolute atomic E-state index is 12.1. The SMILES string of the molecule is O=C(N/N=C\c1cccc([N+](=O)[O-])c1)c1ccc2ncccc2c1. The number of carbonyl (C=O) groups excluding carboxylic acids is 1. The van der Waals surface area contributed by atoms with Crippen molar-refractivity contribution in [1.82, 2.24) is 10.4 Å². The first-order valence-electron chi connectivity index (χ1n) is 7.06. The van der Waals surface area contributed by atoms with Crippen LogP contribution in [0.25, 0.3) is 10.9 Å². The molecule has 1 amide bonds.